The van der Waals surface area contributed by atoms with E-state index in [0.717, 1.165) is 16.7 Å². The molecule has 0 unspecified atom stereocenters. The number of amides is 2. The first-order valence-electron chi connectivity index (χ1n) is 10.1. The minimum absolute atomic E-state index is 0.0752. The van der Waals surface area contributed by atoms with Gasteiger partial charge in [-0.2, -0.15) is 5.10 Å². The van der Waals surface area contributed by atoms with Crippen molar-refractivity contribution in [2.24, 2.45) is 5.10 Å². The van der Waals surface area contributed by atoms with Crippen LogP contribution in [0.3, 0.4) is 0 Å². The van der Waals surface area contributed by atoms with Gasteiger partial charge in [0.05, 0.1) is 6.21 Å². The molecule has 164 valence electrons. The van der Waals surface area contributed by atoms with Gasteiger partial charge in [-0.05, 0) is 41.0 Å². The summed E-state index contributed by atoms with van der Waals surface area (Å²) in [6.45, 7) is 0.382. The summed E-state index contributed by atoms with van der Waals surface area (Å²) in [6.07, 6.45) is 0.781. The summed E-state index contributed by atoms with van der Waals surface area (Å²) in [6, 6.07) is 25.9. The molecule has 7 nitrogen and oxygen atoms in total. The normalized spacial score (nSPS) is 11.7. The van der Waals surface area contributed by atoms with Crippen molar-refractivity contribution in [1.82, 2.24) is 10.7 Å². The molecule has 3 rings (SSSR count). The maximum Gasteiger partial charge on any atom is 0.273 e. The average molecular weight is 431 g/mol. The number of rotatable bonds is 10. The Morgan fingerprint density at radius 2 is 1.59 bits per heavy atom. The summed E-state index contributed by atoms with van der Waals surface area (Å²) in [5.74, 6) is -0.00527. The molecule has 0 saturated carbocycles. The van der Waals surface area contributed by atoms with Gasteiger partial charge in [0.15, 0.2) is 12.7 Å². The predicted octanol–water partition coefficient (Wildman–Crippen LogP) is 3.22. The number of hydrogen-bond acceptors (Lipinski definition) is 5. The molecule has 2 amide bonds. The highest BCUT2D eigenvalue weighted by Gasteiger charge is 2.19. The van der Waals surface area contributed by atoms with Crippen LogP contribution in [0.2, 0.25) is 0 Å². The molecule has 1 atom stereocenters. The number of carbonyl (C=O) groups excluding carboxylic acids is 2. The van der Waals surface area contributed by atoms with E-state index in [0.29, 0.717) is 12.3 Å². The molecule has 0 heterocycles. The molecule has 0 aromatic heterocycles. The van der Waals surface area contributed by atoms with E-state index in [1.807, 2.05) is 60.7 Å². The maximum atomic E-state index is 12.3. The van der Waals surface area contributed by atoms with E-state index in [9.17, 15) is 9.59 Å². The topological polar surface area (TPSA) is 89.0 Å². The molecule has 0 aliphatic rings. The van der Waals surface area contributed by atoms with E-state index in [2.05, 4.69) is 15.8 Å². The van der Waals surface area contributed by atoms with Gasteiger partial charge in [0.2, 0.25) is 0 Å². The summed E-state index contributed by atoms with van der Waals surface area (Å²) in [5.41, 5.74) is 5.02. The summed E-state index contributed by atoms with van der Waals surface area (Å²) >= 11 is 0. The molecule has 7 heteroatoms. The number of nitrogens with zero attached hydrogens (tertiary/aromatic N) is 1. The molecule has 3 aromatic rings. The summed E-state index contributed by atoms with van der Waals surface area (Å²) < 4.78 is 10.8. The van der Waals surface area contributed by atoms with Crippen LogP contribution in [0.5, 0.6) is 5.75 Å². The first-order chi connectivity index (χ1) is 15.7. The van der Waals surface area contributed by atoms with Gasteiger partial charge in [-0.3, -0.25) is 9.59 Å². The lowest BCUT2D eigenvalue weighted by molar-refractivity contribution is -0.131. The standard InChI is InChI=1S/C25H25N3O4/c1-31-24(21-10-6-3-7-11-21)25(30)28-27-17-20-12-14-22(15-13-20)32-18-23(29)26-16-19-8-4-2-5-9-19/h2-15,17,24H,16,18H2,1H3,(H,26,29)(H,28,30)/b27-17-/t24-/m1/s1. The van der Waals surface area contributed by atoms with Crippen molar-refractivity contribution in [2.75, 3.05) is 13.7 Å². The highest BCUT2D eigenvalue weighted by atomic mass is 16.5. The SMILES string of the molecule is CO[C@@H](C(=O)N/N=C\c1ccc(OCC(=O)NCc2ccccc2)cc1)c1ccccc1. The molecule has 3 aromatic carbocycles. The van der Waals surface area contributed by atoms with Gasteiger partial charge in [0.25, 0.3) is 11.8 Å². The van der Waals surface area contributed by atoms with E-state index in [1.165, 1.54) is 13.3 Å². The molecular weight excluding hydrogens is 406 g/mol. The molecular formula is C25H25N3O4. The van der Waals surface area contributed by atoms with Crippen molar-refractivity contribution in [3.63, 3.8) is 0 Å². The molecule has 0 saturated heterocycles. The average Bonchev–Trinajstić information content (AvgIpc) is 2.84. The minimum atomic E-state index is -0.739. The minimum Gasteiger partial charge on any atom is -0.484 e. The first kappa shape index (κ1) is 22.7. The van der Waals surface area contributed by atoms with Crippen molar-refractivity contribution < 1.29 is 19.1 Å². The highest BCUT2D eigenvalue weighted by Crippen LogP contribution is 2.16. The lowest BCUT2D eigenvalue weighted by Gasteiger charge is -2.13. The van der Waals surface area contributed by atoms with Crippen LogP contribution in [-0.4, -0.2) is 31.7 Å². The van der Waals surface area contributed by atoms with Crippen LogP contribution in [0.4, 0.5) is 0 Å². The van der Waals surface area contributed by atoms with Gasteiger partial charge < -0.3 is 14.8 Å². The number of hydrazone groups is 1. The Kier molecular flexibility index (Phi) is 8.53. The van der Waals surface area contributed by atoms with E-state index >= 15 is 0 Å². The summed E-state index contributed by atoms with van der Waals surface area (Å²) in [7, 11) is 1.47. The van der Waals surface area contributed by atoms with Crippen LogP contribution in [0, 0.1) is 0 Å². The van der Waals surface area contributed by atoms with E-state index in [4.69, 9.17) is 9.47 Å². The van der Waals surface area contributed by atoms with Crippen molar-refractivity contribution >= 4 is 18.0 Å². The van der Waals surface area contributed by atoms with E-state index < -0.39 is 6.10 Å². The maximum absolute atomic E-state index is 12.3. The van der Waals surface area contributed by atoms with E-state index in [-0.39, 0.29) is 18.4 Å². The van der Waals surface area contributed by atoms with Gasteiger partial charge in [-0.25, -0.2) is 5.43 Å². The molecule has 32 heavy (non-hydrogen) atoms. The Hall–Kier alpha value is -3.97. The zero-order chi connectivity index (χ0) is 22.6. The molecule has 0 aliphatic heterocycles. The number of hydrogen-bond donors (Lipinski definition) is 2. The fourth-order valence-corrected chi connectivity index (χ4v) is 2.90. The van der Waals surface area contributed by atoms with Crippen molar-refractivity contribution in [3.05, 3.63) is 102 Å². The fourth-order valence-electron chi connectivity index (χ4n) is 2.90. The molecule has 0 aliphatic carbocycles. The van der Waals surface area contributed by atoms with E-state index in [1.54, 1.807) is 24.3 Å². The molecule has 0 bridgehead atoms. The zero-order valence-corrected chi connectivity index (χ0v) is 17.7. The third-order valence-electron chi connectivity index (χ3n) is 4.55. The number of methoxy groups -OCH3 is 1. The summed E-state index contributed by atoms with van der Waals surface area (Å²) in [4.78, 5) is 24.2. The van der Waals surface area contributed by atoms with Crippen LogP contribution in [0.1, 0.15) is 22.8 Å². The first-order valence-corrected chi connectivity index (χ1v) is 10.1. The molecule has 2 N–H and O–H groups in total. The highest BCUT2D eigenvalue weighted by molar-refractivity contribution is 5.85. The van der Waals surface area contributed by atoms with Gasteiger partial charge in [-0.1, -0.05) is 60.7 Å². The number of nitrogens with one attached hydrogen (secondary N) is 2. The number of ether oxygens (including phenoxy) is 2. The second-order valence-corrected chi connectivity index (χ2v) is 6.88. The molecule has 0 spiro atoms. The van der Waals surface area contributed by atoms with Gasteiger partial charge in [0.1, 0.15) is 5.75 Å². The fraction of sp³-hybridized carbons (Fsp3) is 0.160. The van der Waals surface area contributed by atoms with Crippen LogP contribution in [-0.2, 0) is 20.9 Å². The third kappa shape index (κ3) is 7.07. The van der Waals surface area contributed by atoms with Crippen LogP contribution in [0.25, 0.3) is 0 Å². The lowest BCUT2D eigenvalue weighted by Crippen LogP contribution is -2.28. The summed E-state index contributed by atoms with van der Waals surface area (Å²) in [5, 5.41) is 6.79. The van der Waals surface area contributed by atoms with Crippen molar-refractivity contribution in [2.45, 2.75) is 12.6 Å². The predicted molar refractivity (Wildman–Crippen MR) is 122 cm³/mol. The largest absolute Gasteiger partial charge is 0.484 e. The van der Waals surface area contributed by atoms with Crippen molar-refractivity contribution in [3.8, 4) is 5.75 Å². The Bertz CT molecular complexity index is 1020. The van der Waals surface area contributed by atoms with Crippen LogP contribution < -0.4 is 15.5 Å². The zero-order valence-electron chi connectivity index (χ0n) is 17.7. The van der Waals surface area contributed by atoms with Crippen LogP contribution >= 0.6 is 0 Å². The monoisotopic (exact) mass is 431 g/mol. The Labute approximate surface area is 187 Å². The second-order valence-electron chi connectivity index (χ2n) is 6.88. The molecule has 0 radical (unpaired) electrons. The quantitative estimate of drug-likeness (QED) is 0.381. The van der Waals surface area contributed by atoms with Crippen molar-refractivity contribution in [1.29, 1.82) is 0 Å². The Balaban J connectivity index is 1.43. The van der Waals surface area contributed by atoms with Gasteiger partial charge in [0, 0.05) is 13.7 Å². The third-order valence-corrected chi connectivity index (χ3v) is 4.55. The Morgan fingerprint density at radius 3 is 2.25 bits per heavy atom. The van der Waals surface area contributed by atoms with Gasteiger partial charge >= 0.3 is 0 Å². The smallest absolute Gasteiger partial charge is 0.273 e. The second kappa shape index (κ2) is 12.0. The lowest BCUT2D eigenvalue weighted by atomic mass is 10.1. The van der Waals surface area contributed by atoms with Gasteiger partial charge in [-0.15, -0.1) is 0 Å². The Morgan fingerprint density at radius 1 is 0.938 bits per heavy atom. The number of benzene rings is 3. The number of carbonyl (C=O) groups is 2. The van der Waals surface area contributed by atoms with Crippen LogP contribution in [0.15, 0.2) is 90.0 Å². The molecule has 0 fully saturated rings.